The molecule has 5 nitrogen and oxygen atoms in total. The minimum absolute atomic E-state index is 0.160. The van der Waals surface area contributed by atoms with E-state index in [-0.39, 0.29) is 17.8 Å². The van der Waals surface area contributed by atoms with Crippen molar-refractivity contribution in [2.24, 2.45) is 10.9 Å². The van der Waals surface area contributed by atoms with Crippen molar-refractivity contribution in [2.45, 2.75) is 27.3 Å². The summed E-state index contributed by atoms with van der Waals surface area (Å²) in [4.78, 5) is 28.6. The van der Waals surface area contributed by atoms with Crippen LogP contribution in [0.3, 0.4) is 0 Å². The van der Waals surface area contributed by atoms with Gasteiger partial charge in [0.1, 0.15) is 0 Å². The van der Waals surface area contributed by atoms with Gasteiger partial charge in [-0.2, -0.15) is 4.99 Å². The number of carbonyl (C=O) groups excluding carboxylic acids is 2. The number of thiazole rings is 1. The molecule has 122 valence electrons. The first-order valence-electron chi connectivity index (χ1n) is 7.47. The minimum Gasteiger partial charge on any atom is -0.462 e. The summed E-state index contributed by atoms with van der Waals surface area (Å²) in [5, 5.41) is 0. The SMILES string of the molecule is C=CCn1c(=NC(=O)C(C)C)sc2cc(C(=O)OCC)ccc21. The third-order valence-electron chi connectivity index (χ3n) is 3.21. The lowest BCUT2D eigenvalue weighted by molar-refractivity contribution is -0.120. The van der Waals surface area contributed by atoms with Gasteiger partial charge in [-0.1, -0.05) is 31.3 Å². The third kappa shape index (κ3) is 3.76. The molecule has 6 heteroatoms. The Morgan fingerprint density at radius 1 is 1.43 bits per heavy atom. The molecule has 0 saturated carbocycles. The van der Waals surface area contributed by atoms with Crippen molar-refractivity contribution < 1.29 is 14.3 Å². The maximum absolute atomic E-state index is 11.9. The first-order chi connectivity index (χ1) is 11.0. The molecule has 1 amide bonds. The van der Waals surface area contributed by atoms with Crippen molar-refractivity contribution in [3.05, 3.63) is 41.2 Å². The van der Waals surface area contributed by atoms with E-state index < -0.39 is 0 Å². The number of allylic oxidation sites excluding steroid dienone is 1. The number of nitrogens with zero attached hydrogens (tertiary/aromatic N) is 2. The van der Waals surface area contributed by atoms with Crippen LogP contribution in [0.2, 0.25) is 0 Å². The van der Waals surface area contributed by atoms with Gasteiger partial charge in [-0.3, -0.25) is 4.79 Å². The van der Waals surface area contributed by atoms with Crippen LogP contribution in [0.15, 0.2) is 35.8 Å². The normalized spacial score (nSPS) is 11.9. The predicted octanol–water partition coefficient (Wildman–Crippen LogP) is 3.15. The fourth-order valence-corrected chi connectivity index (χ4v) is 3.11. The Kier molecular flexibility index (Phi) is 5.50. The summed E-state index contributed by atoms with van der Waals surface area (Å²) in [5.41, 5.74) is 1.41. The molecule has 1 heterocycles. The molecule has 23 heavy (non-hydrogen) atoms. The number of esters is 1. The zero-order valence-corrected chi connectivity index (χ0v) is 14.4. The van der Waals surface area contributed by atoms with Gasteiger partial charge in [0.15, 0.2) is 4.80 Å². The van der Waals surface area contributed by atoms with E-state index in [0.717, 1.165) is 10.2 Å². The van der Waals surface area contributed by atoms with E-state index in [1.807, 2.05) is 24.5 Å². The summed E-state index contributed by atoms with van der Waals surface area (Å²) in [6.07, 6.45) is 1.75. The van der Waals surface area contributed by atoms with Crippen LogP contribution >= 0.6 is 11.3 Å². The van der Waals surface area contributed by atoms with Crippen molar-refractivity contribution in [1.82, 2.24) is 4.57 Å². The quantitative estimate of drug-likeness (QED) is 0.624. The number of fused-ring (bicyclic) bond motifs is 1. The van der Waals surface area contributed by atoms with Crippen LogP contribution in [0.1, 0.15) is 31.1 Å². The number of benzene rings is 1. The lowest BCUT2D eigenvalue weighted by Gasteiger charge is -2.03. The number of carbonyl (C=O) groups is 2. The molecule has 0 radical (unpaired) electrons. The van der Waals surface area contributed by atoms with Crippen LogP contribution in [-0.4, -0.2) is 23.1 Å². The van der Waals surface area contributed by atoms with Gasteiger partial charge in [0.25, 0.3) is 5.91 Å². The Morgan fingerprint density at radius 3 is 2.78 bits per heavy atom. The zero-order valence-electron chi connectivity index (χ0n) is 13.5. The van der Waals surface area contributed by atoms with Gasteiger partial charge >= 0.3 is 5.97 Å². The van der Waals surface area contributed by atoms with E-state index in [0.29, 0.717) is 23.5 Å². The number of hydrogen-bond acceptors (Lipinski definition) is 4. The van der Waals surface area contributed by atoms with Gasteiger partial charge in [-0.25, -0.2) is 4.79 Å². The molecule has 0 N–H and O–H groups in total. The van der Waals surface area contributed by atoms with Crippen LogP contribution in [-0.2, 0) is 16.1 Å². The highest BCUT2D eigenvalue weighted by Crippen LogP contribution is 2.20. The monoisotopic (exact) mass is 332 g/mol. The Morgan fingerprint density at radius 2 is 2.17 bits per heavy atom. The first kappa shape index (κ1) is 17.1. The van der Waals surface area contributed by atoms with E-state index in [4.69, 9.17) is 4.74 Å². The molecule has 0 saturated heterocycles. The van der Waals surface area contributed by atoms with Gasteiger partial charge in [-0.15, -0.1) is 6.58 Å². The molecule has 1 aromatic heterocycles. The molecule has 0 atom stereocenters. The number of rotatable bonds is 5. The van der Waals surface area contributed by atoms with Crippen molar-refractivity contribution in [3.63, 3.8) is 0 Å². The standard InChI is InChI=1S/C17H20N2O3S/c1-5-9-19-13-8-7-12(16(21)22-6-2)10-14(13)23-17(19)18-15(20)11(3)4/h5,7-8,10-11H,1,6,9H2,2-4H3. The van der Waals surface area contributed by atoms with Crippen LogP contribution in [0.25, 0.3) is 10.2 Å². The van der Waals surface area contributed by atoms with Crippen LogP contribution < -0.4 is 4.80 Å². The molecule has 0 aliphatic rings. The largest absolute Gasteiger partial charge is 0.462 e. The van der Waals surface area contributed by atoms with Crippen LogP contribution in [0.4, 0.5) is 0 Å². The molecular formula is C17H20N2O3S. The lowest BCUT2D eigenvalue weighted by atomic mass is 10.2. The summed E-state index contributed by atoms with van der Waals surface area (Å²) in [6, 6.07) is 5.34. The number of amides is 1. The van der Waals surface area contributed by atoms with E-state index in [2.05, 4.69) is 11.6 Å². The van der Waals surface area contributed by atoms with Crippen LogP contribution in [0.5, 0.6) is 0 Å². The topological polar surface area (TPSA) is 60.7 Å². The fourth-order valence-electron chi connectivity index (χ4n) is 2.03. The van der Waals surface area contributed by atoms with Crippen molar-refractivity contribution in [1.29, 1.82) is 0 Å². The first-order valence-corrected chi connectivity index (χ1v) is 8.29. The second-order valence-electron chi connectivity index (χ2n) is 5.29. The van der Waals surface area contributed by atoms with E-state index in [1.54, 1.807) is 25.1 Å². The Labute approximate surface area is 138 Å². The Hall–Kier alpha value is -2.21. The number of aromatic nitrogens is 1. The average Bonchev–Trinajstić information content (AvgIpc) is 2.84. The van der Waals surface area contributed by atoms with Gasteiger partial charge in [-0.05, 0) is 25.1 Å². The molecule has 0 aliphatic carbocycles. The molecule has 2 rings (SSSR count). The van der Waals surface area contributed by atoms with E-state index in [1.165, 1.54) is 11.3 Å². The highest BCUT2D eigenvalue weighted by Gasteiger charge is 2.12. The van der Waals surface area contributed by atoms with Gasteiger partial charge < -0.3 is 9.30 Å². The molecule has 2 aromatic rings. The second-order valence-corrected chi connectivity index (χ2v) is 6.30. The van der Waals surface area contributed by atoms with Crippen molar-refractivity contribution >= 4 is 33.4 Å². The van der Waals surface area contributed by atoms with Gasteiger partial charge in [0, 0.05) is 12.5 Å². The van der Waals surface area contributed by atoms with Crippen molar-refractivity contribution in [3.8, 4) is 0 Å². The smallest absolute Gasteiger partial charge is 0.338 e. The summed E-state index contributed by atoms with van der Waals surface area (Å²) in [5.74, 6) is -0.678. The third-order valence-corrected chi connectivity index (χ3v) is 4.25. The Balaban J connectivity index is 2.60. The molecule has 0 bridgehead atoms. The van der Waals surface area contributed by atoms with Gasteiger partial charge in [0.05, 0.1) is 22.4 Å². The van der Waals surface area contributed by atoms with Crippen molar-refractivity contribution in [2.75, 3.05) is 6.61 Å². The molecule has 0 unspecified atom stereocenters. The Bertz CT molecular complexity index is 815. The number of ether oxygens (including phenoxy) is 1. The molecule has 0 aliphatic heterocycles. The minimum atomic E-state index is -0.352. The fraction of sp³-hybridized carbons (Fsp3) is 0.353. The summed E-state index contributed by atoms with van der Waals surface area (Å²) in [6.45, 7) is 10.0. The molecular weight excluding hydrogens is 312 g/mol. The summed E-state index contributed by atoms with van der Waals surface area (Å²) in [7, 11) is 0. The number of hydrogen-bond donors (Lipinski definition) is 0. The van der Waals surface area contributed by atoms with Crippen LogP contribution in [0, 0.1) is 5.92 Å². The van der Waals surface area contributed by atoms with E-state index >= 15 is 0 Å². The highest BCUT2D eigenvalue weighted by atomic mass is 32.1. The maximum atomic E-state index is 11.9. The maximum Gasteiger partial charge on any atom is 0.338 e. The average molecular weight is 332 g/mol. The van der Waals surface area contributed by atoms with Gasteiger partial charge in [0.2, 0.25) is 0 Å². The second kappa shape index (κ2) is 7.37. The summed E-state index contributed by atoms with van der Waals surface area (Å²) >= 11 is 1.38. The highest BCUT2D eigenvalue weighted by molar-refractivity contribution is 7.16. The predicted molar refractivity (Wildman–Crippen MR) is 91.4 cm³/mol. The molecule has 0 spiro atoms. The lowest BCUT2D eigenvalue weighted by Crippen LogP contribution is -2.18. The summed E-state index contributed by atoms with van der Waals surface area (Å²) < 4.78 is 7.82. The molecule has 1 aromatic carbocycles. The zero-order chi connectivity index (χ0) is 17.0. The van der Waals surface area contributed by atoms with E-state index in [9.17, 15) is 9.59 Å². The molecule has 0 fully saturated rings.